The van der Waals surface area contributed by atoms with Gasteiger partial charge in [-0.15, -0.1) is 0 Å². The van der Waals surface area contributed by atoms with Crippen LogP contribution in [-0.4, -0.2) is 11.8 Å². The van der Waals surface area contributed by atoms with Gasteiger partial charge < -0.3 is 15.4 Å². The van der Waals surface area contributed by atoms with E-state index in [0.29, 0.717) is 17.1 Å². The van der Waals surface area contributed by atoms with Gasteiger partial charge in [0.2, 0.25) is 11.8 Å². The maximum absolute atomic E-state index is 11.4. The lowest BCUT2D eigenvalue weighted by Crippen LogP contribution is -2.10. The van der Waals surface area contributed by atoms with E-state index in [1.165, 1.54) is 19.1 Å². The number of hydrogen-bond donors (Lipinski definition) is 2. The van der Waals surface area contributed by atoms with Crippen LogP contribution in [-0.2, 0) is 9.59 Å². The molecule has 2 aromatic carbocycles. The molecule has 8 heteroatoms. The zero-order chi connectivity index (χ0) is 18.4. The van der Waals surface area contributed by atoms with Crippen molar-refractivity contribution in [1.82, 2.24) is 0 Å². The van der Waals surface area contributed by atoms with E-state index in [2.05, 4.69) is 10.6 Å². The second-order valence-corrected chi connectivity index (χ2v) is 5.77. The van der Waals surface area contributed by atoms with Crippen LogP contribution in [0.2, 0.25) is 10.0 Å². The standard InChI is InChI=1S/C17H13Cl2N3O3/c1-10(23)21-11-2-4-13(5-3-11)25-17-14(18)8-12(9-15(17)19)22-16(24)6-7-20/h2-5,8-9H,6H2,1H3,(H,21,23)(H,22,24). The molecule has 0 bridgehead atoms. The Morgan fingerprint density at radius 1 is 1.08 bits per heavy atom. The first-order chi connectivity index (χ1) is 11.9. The molecule has 2 rings (SSSR count). The number of nitrogens with one attached hydrogen (secondary N) is 2. The van der Waals surface area contributed by atoms with Crippen LogP contribution in [0.25, 0.3) is 0 Å². The summed E-state index contributed by atoms with van der Waals surface area (Å²) >= 11 is 12.3. The molecule has 25 heavy (non-hydrogen) atoms. The van der Waals surface area contributed by atoms with Gasteiger partial charge in [-0.05, 0) is 36.4 Å². The van der Waals surface area contributed by atoms with Gasteiger partial charge in [0.1, 0.15) is 12.2 Å². The number of rotatable bonds is 5. The van der Waals surface area contributed by atoms with E-state index in [0.717, 1.165) is 0 Å². The van der Waals surface area contributed by atoms with Gasteiger partial charge >= 0.3 is 0 Å². The minimum Gasteiger partial charge on any atom is -0.454 e. The molecule has 0 heterocycles. The van der Waals surface area contributed by atoms with Crippen molar-refractivity contribution in [3.8, 4) is 17.6 Å². The molecule has 2 aromatic rings. The fraction of sp³-hybridized carbons (Fsp3) is 0.118. The van der Waals surface area contributed by atoms with Crippen LogP contribution in [0, 0.1) is 11.3 Å². The number of benzene rings is 2. The molecule has 0 atom stereocenters. The number of hydrogen-bond acceptors (Lipinski definition) is 4. The highest BCUT2D eigenvalue weighted by atomic mass is 35.5. The van der Waals surface area contributed by atoms with Crippen LogP contribution >= 0.6 is 23.2 Å². The highest BCUT2D eigenvalue weighted by Gasteiger charge is 2.12. The van der Waals surface area contributed by atoms with Crippen LogP contribution < -0.4 is 15.4 Å². The van der Waals surface area contributed by atoms with E-state index in [4.69, 9.17) is 33.2 Å². The Morgan fingerprint density at radius 3 is 2.20 bits per heavy atom. The zero-order valence-electron chi connectivity index (χ0n) is 13.1. The molecule has 0 fully saturated rings. The van der Waals surface area contributed by atoms with E-state index in [-0.39, 0.29) is 28.1 Å². The third-order valence-electron chi connectivity index (χ3n) is 2.92. The highest BCUT2D eigenvalue weighted by Crippen LogP contribution is 2.39. The highest BCUT2D eigenvalue weighted by molar-refractivity contribution is 6.37. The average molecular weight is 378 g/mol. The number of amides is 2. The van der Waals surface area contributed by atoms with E-state index in [1.54, 1.807) is 30.3 Å². The van der Waals surface area contributed by atoms with Crippen molar-refractivity contribution in [2.75, 3.05) is 10.6 Å². The molecular weight excluding hydrogens is 365 g/mol. The maximum atomic E-state index is 11.4. The van der Waals surface area contributed by atoms with Gasteiger partial charge in [0.15, 0.2) is 5.75 Å². The van der Waals surface area contributed by atoms with Crippen molar-refractivity contribution < 1.29 is 14.3 Å². The largest absolute Gasteiger partial charge is 0.454 e. The lowest BCUT2D eigenvalue weighted by molar-refractivity contribution is -0.115. The third-order valence-corrected chi connectivity index (χ3v) is 3.48. The van der Waals surface area contributed by atoms with Gasteiger partial charge in [0.05, 0.1) is 16.1 Å². The smallest absolute Gasteiger partial charge is 0.238 e. The summed E-state index contributed by atoms with van der Waals surface area (Å²) in [6.45, 7) is 1.42. The zero-order valence-corrected chi connectivity index (χ0v) is 14.6. The summed E-state index contributed by atoms with van der Waals surface area (Å²) in [7, 11) is 0. The molecule has 2 N–H and O–H groups in total. The third kappa shape index (κ3) is 5.38. The molecule has 0 spiro atoms. The summed E-state index contributed by atoms with van der Waals surface area (Å²) in [6.07, 6.45) is -0.270. The summed E-state index contributed by atoms with van der Waals surface area (Å²) in [4.78, 5) is 22.4. The summed E-state index contributed by atoms with van der Waals surface area (Å²) < 4.78 is 5.67. The summed E-state index contributed by atoms with van der Waals surface area (Å²) in [6, 6.07) is 11.4. The molecule has 128 valence electrons. The Labute approximate surface area is 154 Å². The van der Waals surface area contributed by atoms with Crippen molar-refractivity contribution >= 4 is 46.4 Å². The van der Waals surface area contributed by atoms with E-state index in [9.17, 15) is 9.59 Å². The van der Waals surface area contributed by atoms with Crippen LogP contribution in [0.15, 0.2) is 36.4 Å². The van der Waals surface area contributed by atoms with Gasteiger partial charge in [0, 0.05) is 18.3 Å². The number of carbonyl (C=O) groups is 2. The quantitative estimate of drug-likeness (QED) is 0.796. The van der Waals surface area contributed by atoms with Gasteiger partial charge in [-0.2, -0.15) is 5.26 Å². The van der Waals surface area contributed by atoms with Gasteiger partial charge in [0.25, 0.3) is 0 Å². The van der Waals surface area contributed by atoms with Crippen molar-refractivity contribution in [2.24, 2.45) is 0 Å². The Balaban J connectivity index is 2.16. The topological polar surface area (TPSA) is 91.2 Å². The van der Waals surface area contributed by atoms with Crippen molar-refractivity contribution in [1.29, 1.82) is 5.26 Å². The second-order valence-electron chi connectivity index (χ2n) is 4.96. The van der Waals surface area contributed by atoms with Gasteiger partial charge in [-0.1, -0.05) is 23.2 Å². The average Bonchev–Trinajstić information content (AvgIpc) is 2.52. The van der Waals surface area contributed by atoms with E-state index < -0.39 is 5.91 Å². The Hall–Kier alpha value is -2.75. The van der Waals surface area contributed by atoms with Crippen molar-refractivity contribution in [2.45, 2.75) is 13.3 Å². The number of halogens is 2. The summed E-state index contributed by atoms with van der Waals surface area (Å²) in [5.41, 5.74) is 0.996. The molecule has 0 aliphatic carbocycles. The lowest BCUT2D eigenvalue weighted by Gasteiger charge is -2.12. The Bertz CT molecular complexity index is 822. The molecule has 0 unspecified atom stereocenters. The molecular formula is C17H13Cl2N3O3. The van der Waals surface area contributed by atoms with Gasteiger partial charge in [-0.3, -0.25) is 9.59 Å². The monoisotopic (exact) mass is 377 g/mol. The number of nitriles is 1. The minimum atomic E-state index is -0.461. The summed E-state index contributed by atoms with van der Waals surface area (Å²) in [5.74, 6) is 0.0683. The molecule has 0 saturated heterocycles. The lowest BCUT2D eigenvalue weighted by atomic mass is 10.2. The predicted molar refractivity (Wildman–Crippen MR) is 96.1 cm³/mol. The molecule has 0 aliphatic rings. The van der Waals surface area contributed by atoms with Crippen LogP contribution in [0.3, 0.4) is 0 Å². The number of anilines is 2. The molecule has 0 aromatic heterocycles. The first-order valence-electron chi connectivity index (χ1n) is 7.10. The normalized spacial score (nSPS) is 9.84. The molecule has 0 saturated carbocycles. The van der Waals surface area contributed by atoms with Crippen LogP contribution in [0.4, 0.5) is 11.4 Å². The fourth-order valence-corrected chi connectivity index (χ4v) is 2.50. The minimum absolute atomic E-state index is 0.172. The number of ether oxygens (including phenoxy) is 1. The Morgan fingerprint density at radius 2 is 1.68 bits per heavy atom. The predicted octanol–water partition coefficient (Wildman–Crippen LogP) is 4.60. The van der Waals surface area contributed by atoms with Crippen LogP contribution in [0.1, 0.15) is 13.3 Å². The van der Waals surface area contributed by atoms with E-state index >= 15 is 0 Å². The fourth-order valence-electron chi connectivity index (χ4n) is 1.93. The SMILES string of the molecule is CC(=O)Nc1ccc(Oc2c(Cl)cc(NC(=O)CC#N)cc2Cl)cc1. The van der Waals surface area contributed by atoms with Crippen molar-refractivity contribution in [3.63, 3.8) is 0 Å². The molecule has 0 radical (unpaired) electrons. The number of nitrogens with zero attached hydrogens (tertiary/aromatic N) is 1. The van der Waals surface area contributed by atoms with Gasteiger partial charge in [-0.25, -0.2) is 0 Å². The maximum Gasteiger partial charge on any atom is 0.238 e. The number of carbonyl (C=O) groups excluding carboxylic acids is 2. The first-order valence-corrected chi connectivity index (χ1v) is 7.86. The molecule has 0 aliphatic heterocycles. The Kier molecular flexibility index (Phi) is 6.23. The molecule has 6 nitrogen and oxygen atoms in total. The first kappa shape index (κ1) is 18.6. The van der Waals surface area contributed by atoms with E-state index in [1.807, 2.05) is 0 Å². The van der Waals surface area contributed by atoms with Crippen molar-refractivity contribution in [3.05, 3.63) is 46.4 Å². The summed E-state index contributed by atoms with van der Waals surface area (Å²) in [5, 5.41) is 14.1. The second kappa shape index (κ2) is 8.38. The molecule has 2 amide bonds. The van der Waals surface area contributed by atoms with Crippen LogP contribution in [0.5, 0.6) is 11.5 Å².